The maximum atomic E-state index is 12.6. The Morgan fingerprint density at radius 2 is 0.793 bits per heavy atom. The van der Waals surface area contributed by atoms with Crippen molar-refractivity contribution in [3.8, 4) is 11.3 Å². The monoisotopic (exact) mass is 1910 g/mol. The number of nitrogens with zero attached hydrogens (tertiary/aromatic N) is 7. The third-order valence-corrected chi connectivity index (χ3v) is 36.2. The fraction of sp³-hybridized carbons (Fsp3) is 0.523. The lowest BCUT2D eigenvalue weighted by atomic mass is 10.0. The van der Waals surface area contributed by atoms with Crippen LogP contribution in [0.1, 0.15) is 278 Å². The van der Waals surface area contributed by atoms with Crippen molar-refractivity contribution in [2.45, 2.75) is 311 Å². The number of fused-ring (bicyclic) bond motifs is 7. The third kappa shape index (κ3) is 23.9. The number of sulfone groups is 1. The van der Waals surface area contributed by atoms with Crippen LogP contribution in [0.2, 0.25) is 5.15 Å². The highest BCUT2D eigenvalue weighted by Crippen LogP contribution is 2.45. The second-order valence-electron chi connectivity index (χ2n) is 30.4. The van der Waals surface area contributed by atoms with Crippen LogP contribution in [0.15, 0.2) is 81.1 Å². The van der Waals surface area contributed by atoms with Crippen molar-refractivity contribution in [3.63, 3.8) is 0 Å². The molecule has 0 fully saturated rings. The van der Waals surface area contributed by atoms with Gasteiger partial charge in [-0.05, 0) is 142 Å². The normalized spacial score (nSPS) is 15.0. The summed E-state index contributed by atoms with van der Waals surface area (Å²) in [6.07, 6.45) is 24.1. The molecule has 0 radical (unpaired) electrons. The number of hydrogen-bond acceptors (Lipinski definition) is 22. The molecule has 11 aromatic rings. The number of sulfonamides is 3. The van der Waals surface area contributed by atoms with Crippen LogP contribution in [-0.2, 0) is 57.3 Å². The number of unbranched alkanes of at least 4 members (excludes halogenated alkanes) is 18. The molecule has 0 spiro atoms. The Morgan fingerprint density at radius 3 is 1.33 bits per heavy atom. The minimum absolute atomic E-state index is 0.0404. The largest absolute Gasteiger partial charge is 0.434 e. The van der Waals surface area contributed by atoms with Crippen molar-refractivity contribution < 1.29 is 64.6 Å². The lowest BCUT2D eigenvalue weighted by Gasteiger charge is -2.04. The van der Waals surface area contributed by atoms with Gasteiger partial charge >= 0.3 is 6.18 Å². The topological polar surface area (TPSA) is 281 Å². The number of aromatic nitrogens is 3. The molecule has 15 rings (SSSR count). The maximum Gasteiger partial charge on any atom is 0.434 e. The van der Waals surface area contributed by atoms with Gasteiger partial charge in [0.05, 0.1) is 43.9 Å². The first kappa shape index (κ1) is 99.0. The van der Waals surface area contributed by atoms with E-state index in [0.717, 1.165) is 157 Å². The van der Waals surface area contributed by atoms with Crippen molar-refractivity contribution in [1.29, 1.82) is 0 Å². The Balaban J connectivity index is 0.000000162. The van der Waals surface area contributed by atoms with Gasteiger partial charge in [0.2, 0.25) is 0 Å². The van der Waals surface area contributed by atoms with Crippen molar-refractivity contribution in [2.24, 2.45) is 17.6 Å². The molecular formula is C86H111ClF3N7O12S12. The zero-order valence-electron chi connectivity index (χ0n) is 72.2. The van der Waals surface area contributed by atoms with Gasteiger partial charge in [0.15, 0.2) is 53.5 Å². The van der Waals surface area contributed by atoms with Crippen molar-refractivity contribution >= 4 is 197 Å². The fourth-order valence-corrected chi connectivity index (χ4v) is 31.7. The molecular weight excluding hydrogens is 1800 g/mol. The van der Waals surface area contributed by atoms with Gasteiger partial charge in [0.1, 0.15) is 20.4 Å². The van der Waals surface area contributed by atoms with Crippen LogP contribution >= 0.6 is 91.0 Å². The van der Waals surface area contributed by atoms with E-state index in [9.17, 15) is 51.1 Å². The molecule has 19 nitrogen and oxygen atoms in total. The number of thiophene rings is 7. The molecule has 10 aromatic heterocycles. The number of hydrogen-bond donors (Lipinski definition) is 0. The van der Waals surface area contributed by atoms with Crippen LogP contribution in [0, 0.1) is 96.9 Å². The lowest BCUT2D eigenvalue weighted by molar-refractivity contribution is -0.0578. The Labute approximate surface area is 747 Å². The summed E-state index contributed by atoms with van der Waals surface area (Å²) < 4.78 is 177. The third-order valence-electron chi connectivity index (χ3n) is 20.9. The van der Waals surface area contributed by atoms with E-state index >= 15 is 0 Å². The fourth-order valence-electron chi connectivity index (χ4n) is 15.1. The molecule has 662 valence electrons. The molecule has 0 amide bonds. The van der Waals surface area contributed by atoms with Crippen molar-refractivity contribution in [1.82, 2.24) is 15.5 Å². The first-order valence-corrected chi connectivity index (χ1v) is 54.4. The molecule has 0 aliphatic carbocycles. The van der Waals surface area contributed by atoms with E-state index in [1.165, 1.54) is 159 Å². The molecule has 1 atom stereocenters. The standard InChI is InChI=1S/C15H23NO4S3.C15H23NO2S2.C15H23NOS.C13H19NOS2.C13H11NOS.C8H6F3NO2S2.C7H6ClNOS/c1-4-5-6-7-8-9-10-22(17,18)15-13-11(2)21-12(3)14(13)23(19,20)16-15;1-4-5-6-7-8-9-10-13-14-11(2)19-12(3)15(14)20(17,18)16-13;1-4-5-6-7-8-9-10-13-14-11(2)18-12(3)15(14)17-16-13;1-4-5-6-7-8-11-12-9(2)16-10(3)13(12)17(15)14-11;1-8-11-12(10-6-4-3-5-7-10)14-15-13(11)9(2)16-8;1-3-5-6(4(2)15-3)16(13,14)12-7(5)8(9,10)11;1-3-5-6(4(2)11-3)10-9-7(5)8/h4-10H2,1-3H3;4-10H2,1-3H3;4-10H2,1-3H3;4-8H2,1-3H3;3-7H,1-2H3;1-2H3;1-2H3. The summed E-state index contributed by atoms with van der Waals surface area (Å²) in [4.78, 5) is 15.0. The van der Waals surface area contributed by atoms with Gasteiger partial charge in [0.25, 0.3) is 30.1 Å². The second kappa shape index (κ2) is 43.6. The first-order chi connectivity index (χ1) is 57.2. The van der Waals surface area contributed by atoms with Crippen molar-refractivity contribution in [2.75, 3.05) is 5.75 Å². The number of rotatable bonds is 27. The summed E-state index contributed by atoms with van der Waals surface area (Å²) in [6.45, 7) is 35.7. The van der Waals surface area contributed by atoms with Gasteiger partial charge in [-0.25, -0.2) is 12.6 Å². The van der Waals surface area contributed by atoms with Crippen LogP contribution in [0.25, 0.3) is 44.2 Å². The summed E-state index contributed by atoms with van der Waals surface area (Å²) >= 11 is 16.7. The van der Waals surface area contributed by atoms with E-state index in [4.69, 9.17) is 25.2 Å². The van der Waals surface area contributed by atoms with Crippen LogP contribution in [0.5, 0.6) is 0 Å². The number of aryl methyl sites for hydroxylation is 15. The summed E-state index contributed by atoms with van der Waals surface area (Å²) in [5, 5.41) is 15.7. The molecule has 0 saturated heterocycles. The van der Waals surface area contributed by atoms with Gasteiger partial charge < -0.3 is 13.6 Å². The quantitative estimate of drug-likeness (QED) is 0.0433. The minimum atomic E-state index is -4.74. The van der Waals surface area contributed by atoms with Gasteiger partial charge in [-0.2, -0.15) is 51.6 Å². The number of alkyl halides is 3. The van der Waals surface area contributed by atoms with Crippen LogP contribution in [-0.4, -0.2) is 87.5 Å². The highest BCUT2D eigenvalue weighted by molar-refractivity contribution is 8.08. The van der Waals surface area contributed by atoms with Gasteiger partial charge in [0, 0.05) is 96.1 Å². The molecule has 1 aromatic carbocycles. The number of halogens is 4. The summed E-state index contributed by atoms with van der Waals surface area (Å²) in [7, 11) is -16.3. The smallest absolute Gasteiger partial charge is 0.355 e. The average Bonchev–Trinajstić information content (AvgIpc) is 1.58. The van der Waals surface area contributed by atoms with Crippen LogP contribution in [0.3, 0.4) is 0 Å². The summed E-state index contributed by atoms with van der Waals surface area (Å²) in [5.74, 6) is -0.0404. The van der Waals surface area contributed by atoms with Crippen LogP contribution in [0.4, 0.5) is 13.2 Å². The molecule has 14 heterocycles. The molecule has 35 heteroatoms. The van der Waals surface area contributed by atoms with E-state index in [2.05, 4.69) is 108 Å². The molecule has 4 aliphatic heterocycles. The Kier molecular flexibility index (Phi) is 35.7. The minimum Gasteiger partial charge on any atom is -0.355 e. The van der Waals surface area contributed by atoms with Gasteiger partial charge in [-0.15, -0.1) is 83.8 Å². The molecule has 0 saturated carbocycles. The van der Waals surface area contributed by atoms with Gasteiger partial charge in [-0.3, -0.25) is 0 Å². The predicted molar refractivity (Wildman–Crippen MR) is 501 cm³/mol. The second-order valence-corrected chi connectivity index (χ2v) is 48.5. The first-order valence-electron chi connectivity index (χ1n) is 41.2. The summed E-state index contributed by atoms with van der Waals surface area (Å²) in [6, 6.07) is 10.2. The molecule has 0 bridgehead atoms. The number of benzene rings is 1. The van der Waals surface area contributed by atoms with E-state index in [1.807, 2.05) is 64.2 Å². The highest BCUT2D eigenvalue weighted by atomic mass is 35.5. The van der Waals surface area contributed by atoms with E-state index < -0.39 is 62.8 Å². The maximum absolute atomic E-state index is 12.6. The van der Waals surface area contributed by atoms with Crippen molar-refractivity contribution in [3.05, 3.63) is 132 Å². The van der Waals surface area contributed by atoms with Crippen LogP contribution < -0.4 is 0 Å². The zero-order valence-corrected chi connectivity index (χ0v) is 82.8. The van der Waals surface area contributed by atoms with E-state index in [1.54, 1.807) is 59.2 Å². The molecule has 0 N–H and O–H groups in total. The SMILES string of the molecule is CCCCCCC1=NS(=O)c2c(C)sc(C)c21.CCCCCCCCC1=NS(=O)(=O)c2c(C)sc(C)c21.CCCCCCCCS(=O)(=O)C1=NS(=O)(=O)c2c(C)sc(C)c21.CCCCCCCCc1noc2c(C)sc(C)c12.Cc1sc(C)c2c(-c3ccccc3)noc12.Cc1sc(C)c2c(Cl)noc12.Cc1sc(C)c2c1C(C(F)(F)F)=NS2(=O)=O. The molecule has 4 aliphatic rings. The summed E-state index contributed by atoms with van der Waals surface area (Å²) in [5.41, 5.74) is 8.70. The predicted octanol–water partition coefficient (Wildman–Crippen LogP) is 27.5. The average molecular weight is 1910 g/mol. The zero-order chi connectivity index (χ0) is 88.8. The Bertz CT molecular complexity index is 6100. The highest BCUT2D eigenvalue weighted by Gasteiger charge is 2.48. The van der Waals surface area contributed by atoms with E-state index in [0.29, 0.717) is 41.5 Å². The van der Waals surface area contributed by atoms with Gasteiger partial charge in [-0.1, -0.05) is 201 Å². The molecule has 121 heavy (non-hydrogen) atoms. The Morgan fingerprint density at radius 1 is 0.405 bits per heavy atom. The Hall–Kier alpha value is -5.76. The molecule has 1 unspecified atom stereocenters. The van der Waals surface area contributed by atoms with E-state index in [-0.39, 0.29) is 26.2 Å². The lowest BCUT2D eigenvalue weighted by Crippen LogP contribution is -2.22.